The lowest BCUT2D eigenvalue weighted by Crippen LogP contribution is -2.44. The van der Waals surface area contributed by atoms with Gasteiger partial charge in [-0.25, -0.2) is 18.5 Å². The average molecular weight is 543 g/mol. The van der Waals surface area contributed by atoms with Gasteiger partial charge in [0.05, 0.1) is 50.5 Å². The van der Waals surface area contributed by atoms with Crippen LogP contribution in [0.15, 0.2) is 40.2 Å². The van der Waals surface area contributed by atoms with Gasteiger partial charge in [0.1, 0.15) is 33.5 Å². The Labute approximate surface area is 218 Å². The first-order valence-corrected chi connectivity index (χ1v) is 12.2. The van der Waals surface area contributed by atoms with Crippen LogP contribution in [0.4, 0.5) is 4.39 Å². The summed E-state index contributed by atoms with van der Waals surface area (Å²) in [4.78, 5) is 40.5. The summed E-state index contributed by atoms with van der Waals surface area (Å²) < 4.78 is 27.4. The van der Waals surface area contributed by atoms with Gasteiger partial charge in [-0.3, -0.25) is 9.36 Å². The fraction of sp³-hybridized carbons (Fsp3) is 0.333. The van der Waals surface area contributed by atoms with Gasteiger partial charge in [-0.15, -0.1) is 4.80 Å². The standard InChI is InChI=1S/C24H23FN6O6S/c1-13-19-20(32)30(14(2)23(33)34)24(35)29(22(19)38-21(13)31-27-8-9-28-31)12-18(37-10-4-7-26)16-11-15(25)5-6-17(16)36-3/h5-6,8-9,11,14,18H,4,10,12H2,1-3H3,(H,33,34)/t14?,18-/m0/s1. The van der Waals surface area contributed by atoms with Crippen LogP contribution in [0.25, 0.3) is 15.2 Å². The van der Waals surface area contributed by atoms with Crippen molar-refractivity contribution in [2.45, 2.75) is 39.0 Å². The molecule has 0 amide bonds. The topological polar surface area (TPSA) is 154 Å². The lowest BCUT2D eigenvalue weighted by Gasteiger charge is -2.23. The summed E-state index contributed by atoms with van der Waals surface area (Å²) in [5.74, 6) is -1.66. The first kappa shape index (κ1) is 26.7. The van der Waals surface area contributed by atoms with Gasteiger partial charge in [-0.2, -0.15) is 15.5 Å². The maximum absolute atomic E-state index is 14.3. The number of fused-ring (bicyclic) bond motifs is 1. The van der Waals surface area contributed by atoms with Crippen molar-refractivity contribution in [2.24, 2.45) is 0 Å². The highest BCUT2D eigenvalue weighted by molar-refractivity contribution is 7.21. The molecule has 0 spiro atoms. The van der Waals surface area contributed by atoms with Gasteiger partial charge in [-0.1, -0.05) is 11.3 Å². The molecule has 4 aromatic rings. The third-order valence-corrected chi connectivity index (χ3v) is 7.26. The molecule has 1 N–H and O–H groups in total. The van der Waals surface area contributed by atoms with Crippen LogP contribution in [0.3, 0.4) is 0 Å². The van der Waals surface area contributed by atoms with E-state index in [0.29, 0.717) is 15.1 Å². The molecule has 0 aliphatic carbocycles. The van der Waals surface area contributed by atoms with Gasteiger partial charge in [0.25, 0.3) is 5.56 Å². The van der Waals surface area contributed by atoms with E-state index < -0.39 is 35.2 Å². The Morgan fingerprint density at radius 3 is 2.63 bits per heavy atom. The molecular formula is C24H23FN6O6S. The van der Waals surface area contributed by atoms with Crippen molar-refractivity contribution in [3.8, 4) is 16.8 Å². The fourth-order valence-corrected chi connectivity index (χ4v) is 5.31. The summed E-state index contributed by atoms with van der Waals surface area (Å²) in [6.45, 7) is 2.62. The zero-order valence-corrected chi connectivity index (χ0v) is 21.4. The molecular weight excluding hydrogens is 519 g/mol. The van der Waals surface area contributed by atoms with E-state index in [-0.39, 0.29) is 41.1 Å². The lowest BCUT2D eigenvalue weighted by atomic mass is 10.1. The van der Waals surface area contributed by atoms with Crippen molar-refractivity contribution in [2.75, 3.05) is 13.7 Å². The zero-order chi connectivity index (χ0) is 27.6. The van der Waals surface area contributed by atoms with Crippen LogP contribution >= 0.6 is 11.3 Å². The van der Waals surface area contributed by atoms with Crippen LogP contribution in [0.5, 0.6) is 5.75 Å². The Bertz CT molecular complexity index is 1650. The Hall–Kier alpha value is -4.35. The molecule has 0 fully saturated rings. The largest absolute Gasteiger partial charge is 0.496 e. The number of benzene rings is 1. The number of aryl methyl sites for hydroxylation is 1. The number of carboxylic acids is 1. The number of ether oxygens (including phenoxy) is 2. The zero-order valence-electron chi connectivity index (χ0n) is 20.6. The Kier molecular flexibility index (Phi) is 7.70. The van der Waals surface area contributed by atoms with Gasteiger partial charge in [0.15, 0.2) is 0 Å². The first-order chi connectivity index (χ1) is 18.2. The van der Waals surface area contributed by atoms with E-state index in [2.05, 4.69) is 10.2 Å². The summed E-state index contributed by atoms with van der Waals surface area (Å²) in [5, 5.41) is 27.4. The smallest absolute Gasteiger partial charge is 0.333 e. The predicted octanol–water partition coefficient (Wildman–Crippen LogP) is 2.58. The monoisotopic (exact) mass is 542 g/mol. The second-order valence-electron chi connectivity index (χ2n) is 8.27. The van der Waals surface area contributed by atoms with E-state index in [9.17, 15) is 23.9 Å². The van der Waals surface area contributed by atoms with Crippen LogP contribution in [-0.2, 0) is 16.1 Å². The molecule has 3 aromatic heterocycles. The molecule has 38 heavy (non-hydrogen) atoms. The number of halogens is 1. The normalized spacial score (nSPS) is 12.8. The summed E-state index contributed by atoms with van der Waals surface area (Å²) in [5.41, 5.74) is -0.926. The fourth-order valence-electron chi connectivity index (χ4n) is 4.09. The van der Waals surface area contributed by atoms with Gasteiger partial charge >= 0.3 is 11.7 Å². The molecule has 1 unspecified atom stereocenters. The highest BCUT2D eigenvalue weighted by Crippen LogP contribution is 2.34. The van der Waals surface area contributed by atoms with E-state index >= 15 is 0 Å². The van der Waals surface area contributed by atoms with Crippen molar-refractivity contribution in [3.05, 3.63) is 68.4 Å². The summed E-state index contributed by atoms with van der Waals surface area (Å²) >= 11 is 1.07. The number of methoxy groups -OCH3 is 1. The van der Waals surface area contributed by atoms with Crippen molar-refractivity contribution < 1.29 is 23.8 Å². The van der Waals surface area contributed by atoms with Crippen molar-refractivity contribution in [3.63, 3.8) is 0 Å². The van der Waals surface area contributed by atoms with Gasteiger partial charge in [0, 0.05) is 11.1 Å². The molecule has 14 heteroatoms. The summed E-state index contributed by atoms with van der Waals surface area (Å²) in [6.07, 6.45) is 1.95. The molecule has 1 aromatic carbocycles. The number of nitriles is 1. The first-order valence-electron chi connectivity index (χ1n) is 11.4. The van der Waals surface area contributed by atoms with Crippen molar-refractivity contribution >= 4 is 27.5 Å². The second kappa shape index (κ2) is 11.0. The van der Waals surface area contributed by atoms with Crippen LogP contribution in [0, 0.1) is 24.1 Å². The molecule has 4 rings (SSSR count). The molecule has 0 saturated heterocycles. The number of carboxylic acid groups (broad SMARTS) is 1. The van der Waals surface area contributed by atoms with Gasteiger partial charge < -0.3 is 14.6 Å². The van der Waals surface area contributed by atoms with Crippen molar-refractivity contribution in [1.29, 1.82) is 5.26 Å². The highest BCUT2D eigenvalue weighted by atomic mass is 32.1. The lowest BCUT2D eigenvalue weighted by molar-refractivity contribution is -0.140. The summed E-state index contributed by atoms with van der Waals surface area (Å²) in [7, 11) is 1.40. The van der Waals surface area contributed by atoms with Gasteiger partial charge in [0.2, 0.25) is 0 Å². The third-order valence-electron chi connectivity index (χ3n) is 5.98. The Balaban J connectivity index is 2.00. The number of carbonyl (C=O) groups is 1. The van der Waals surface area contributed by atoms with Crippen LogP contribution in [0.2, 0.25) is 0 Å². The molecule has 12 nitrogen and oxygen atoms in total. The number of hydrogen-bond donors (Lipinski definition) is 1. The number of aliphatic carboxylic acids is 1. The van der Waals surface area contributed by atoms with Crippen molar-refractivity contribution in [1.82, 2.24) is 24.1 Å². The SMILES string of the molecule is COc1ccc(F)cc1[C@H](Cn1c(=O)n(C(C)C(=O)O)c(=O)c2c(C)c(-n3nccn3)sc21)OCCC#N. The van der Waals surface area contributed by atoms with Gasteiger partial charge in [-0.05, 0) is 32.0 Å². The van der Waals surface area contributed by atoms with E-state index in [0.717, 1.165) is 11.3 Å². The molecule has 0 aliphatic heterocycles. The predicted molar refractivity (Wildman–Crippen MR) is 134 cm³/mol. The highest BCUT2D eigenvalue weighted by Gasteiger charge is 2.28. The quantitative estimate of drug-likeness (QED) is 0.298. The molecule has 3 heterocycles. The van der Waals surface area contributed by atoms with E-state index in [1.54, 1.807) is 6.92 Å². The molecule has 0 saturated carbocycles. The van der Waals surface area contributed by atoms with Crippen LogP contribution < -0.4 is 16.0 Å². The average Bonchev–Trinajstić information content (AvgIpc) is 3.53. The Morgan fingerprint density at radius 1 is 1.29 bits per heavy atom. The van der Waals surface area contributed by atoms with E-state index in [1.165, 1.54) is 54.0 Å². The van der Waals surface area contributed by atoms with Crippen LogP contribution in [-0.4, -0.2) is 48.9 Å². The Morgan fingerprint density at radius 2 is 2.00 bits per heavy atom. The van der Waals surface area contributed by atoms with E-state index in [4.69, 9.17) is 14.7 Å². The van der Waals surface area contributed by atoms with E-state index in [1.807, 2.05) is 6.07 Å². The minimum absolute atomic E-state index is 0.0290. The van der Waals surface area contributed by atoms with Crippen LogP contribution in [0.1, 0.15) is 36.6 Å². The number of aromatic nitrogens is 5. The minimum Gasteiger partial charge on any atom is -0.496 e. The maximum Gasteiger partial charge on any atom is 0.333 e. The number of hydrogen-bond acceptors (Lipinski definition) is 9. The molecule has 0 aliphatic rings. The minimum atomic E-state index is -1.47. The maximum atomic E-state index is 14.3. The number of thiophene rings is 1. The molecule has 0 radical (unpaired) electrons. The number of rotatable bonds is 10. The summed E-state index contributed by atoms with van der Waals surface area (Å²) in [6, 6.07) is 4.31. The molecule has 2 atom stereocenters. The third kappa shape index (κ3) is 4.81. The molecule has 0 bridgehead atoms. The molecule has 198 valence electrons. The number of nitrogens with zero attached hydrogens (tertiary/aromatic N) is 6. The second-order valence-corrected chi connectivity index (χ2v) is 9.24.